The van der Waals surface area contributed by atoms with E-state index < -0.39 is 5.60 Å². The van der Waals surface area contributed by atoms with Crippen LogP contribution in [0.3, 0.4) is 0 Å². The molecule has 0 bridgehead atoms. The molecule has 4 heterocycles. The summed E-state index contributed by atoms with van der Waals surface area (Å²) in [5.41, 5.74) is 2.37. The Labute approximate surface area is 143 Å². The van der Waals surface area contributed by atoms with Gasteiger partial charge in [-0.3, -0.25) is 9.36 Å². The summed E-state index contributed by atoms with van der Waals surface area (Å²) in [6, 6.07) is 3.94. The number of ether oxygens (including phenoxy) is 1. The third kappa shape index (κ3) is 2.47. The molecule has 0 saturated carbocycles. The van der Waals surface area contributed by atoms with Gasteiger partial charge in [-0.15, -0.1) is 11.3 Å². The van der Waals surface area contributed by atoms with Gasteiger partial charge >= 0.3 is 0 Å². The zero-order valence-electron chi connectivity index (χ0n) is 13.6. The summed E-state index contributed by atoms with van der Waals surface area (Å²) in [5, 5.41) is 22.8. The van der Waals surface area contributed by atoms with Gasteiger partial charge in [0.15, 0.2) is 0 Å². The molecule has 24 heavy (non-hydrogen) atoms. The zero-order valence-corrected chi connectivity index (χ0v) is 14.5. The van der Waals surface area contributed by atoms with Crippen LogP contribution in [0.25, 0.3) is 22.1 Å². The Bertz CT molecular complexity index is 846. The summed E-state index contributed by atoms with van der Waals surface area (Å²) in [6.07, 6.45) is 2.36. The van der Waals surface area contributed by atoms with Crippen LogP contribution in [-0.4, -0.2) is 42.9 Å². The molecule has 7 nitrogen and oxygen atoms in total. The van der Waals surface area contributed by atoms with Crippen molar-refractivity contribution in [2.75, 3.05) is 13.2 Å². The Morgan fingerprint density at radius 2 is 2.21 bits per heavy atom. The second-order valence-corrected chi connectivity index (χ2v) is 6.84. The fourth-order valence-corrected chi connectivity index (χ4v) is 3.70. The van der Waals surface area contributed by atoms with Gasteiger partial charge in [-0.1, -0.05) is 0 Å². The van der Waals surface area contributed by atoms with Crippen molar-refractivity contribution in [3.05, 3.63) is 29.4 Å². The van der Waals surface area contributed by atoms with E-state index in [9.17, 15) is 5.11 Å². The van der Waals surface area contributed by atoms with Gasteiger partial charge in [-0.2, -0.15) is 10.2 Å². The van der Waals surface area contributed by atoms with Gasteiger partial charge in [0.1, 0.15) is 22.0 Å². The molecule has 1 saturated heterocycles. The van der Waals surface area contributed by atoms with Crippen molar-refractivity contribution in [2.24, 2.45) is 7.05 Å². The molecule has 4 rings (SSSR count). The average molecular weight is 345 g/mol. The largest absolute Gasteiger partial charge is 0.381 e. The van der Waals surface area contributed by atoms with E-state index in [1.807, 2.05) is 36.2 Å². The lowest BCUT2D eigenvalue weighted by atomic mass is 9.98. The molecule has 1 aliphatic rings. The SMILES string of the molecule is CCn1nc(-c2nccs2)cc1-c1cc(C2(O)CCOC2)n(C)n1. The van der Waals surface area contributed by atoms with E-state index in [1.165, 1.54) is 0 Å². The van der Waals surface area contributed by atoms with E-state index in [2.05, 4.69) is 15.2 Å². The lowest BCUT2D eigenvalue weighted by molar-refractivity contribution is 0.0162. The molecule has 1 atom stereocenters. The number of rotatable bonds is 4. The number of aromatic nitrogens is 5. The standard InChI is InChI=1S/C16H19N5O2S/c1-3-21-13(8-12(19-21)15-17-5-7-24-15)11-9-14(20(2)18-11)16(22)4-6-23-10-16/h5,7-9,22H,3-4,6,10H2,1-2H3. The third-order valence-corrected chi connectivity index (χ3v) is 5.15. The van der Waals surface area contributed by atoms with Crippen LogP contribution in [0.5, 0.6) is 0 Å². The molecule has 8 heteroatoms. The van der Waals surface area contributed by atoms with Crippen molar-refractivity contribution in [2.45, 2.75) is 25.5 Å². The van der Waals surface area contributed by atoms with Gasteiger partial charge in [0, 0.05) is 38.2 Å². The first kappa shape index (κ1) is 15.5. The number of hydrogen-bond acceptors (Lipinski definition) is 6. The maximum Gasteiger partial charge on any atom is 0.143 e. The van der Waals surface area contributed by atoms with Gasteiger partial charge in [0.2, 0.25) is 0 Å². The van der Waals surface area contributed by atoms with Crippen LogP contribution in [-0.2, 0) is 23.9 Å². The first-order valence-corrected chi connectivity index (χ1v) is 8.81. The second-order valence-electron chi connectivity index (χ2n) is 5.94. The molecule has 1 aliphatic heterocycles. The van der Waals surface area contributed by atoms with Gasteiger partial charge in [0.25, 0.3) is 0 Å². The van der Waals surface area contributed by atoms with Gasteiger partial charge in [0.05, 0.1) is 18.0 Å². The van der Waals surface area contributed by atoms with Gasteiger partial charge < -0.3 is 9.84 Å². The van der Waals surface area contributed by atoms with Crippen molar-refractivity contribution in [1.82, 2.24) is 24.5 Å². The average Bonchev–Trinajstić information content (AvgIpc) is 3.33. The van der Waals surface area contributed by atoms with Crippen molar-refractivity contribution in [1.29, 1.82) is 0 Å². The maximum atomic E-state index is 10.8. The lowest BCUT2D eigenvalue weighted by Crippen LogP contribution is -2.28. The van der Waals surface area contributed by atoms with E-state index >= 15 is 0 Å². The predicted octanol–water partition coefficient (Wildman–Crippen LogP) is 2.03. The van der Waals surface area contributed by atoms with E-state index in [0.29, 0.717) is 19.6 Å². The highest BCUT2D eigenvalue weighted by atomic mass is 32.1. The quantitative estimate of drug-likeness (QED) is 0.783. The van der Waals surface area contributed by atoms with E-state index in [1.54, 1.807) is 22.2 Å². The number of aliphatic hydroxyl groups is 1. The predicted molar refractivity (Wildman–Crippen MR) is 90.5 cm³/mol. The summed E-state index contributed by atoms with van der Waals surface area (Å²) in [7, 11) is 1.85. The van der Waals surface area contributed by atoms with Crippen molar-refractivity contribution >= 4 is 11.3 Å². The van der Waals surface area contributed by atoms with Crippen molar-refractivity contribution in [3.63, 3.8) is 0 Å². The van der Waals surface area contributed by atoms with Gasteiger partial charge in [-0.05, 0) is 19.1 Å². The topological polar surface area (TPSA) is 78.0 Å². The monoisotopic (exact) mass is 345 g/mol. The Morgan fingerprint density at radius 3 is 2.88 bits per heavy atom. The minimum Gasteiger partial charge on any atom is -0.381 e. The molecular formula is C16H19N5O2S. The van der Waals surface area contributed by atoms with Crippen LogP contribution < -0.4 is 0 Å². The zero-order chi connectivity index (χ0) is 16.7. The molecule has 3 aromatic rings. The maximum absolute atomic E-state index is 10.8. The Hall–Kier alpha value is -2.03. The molecule has 0 aliphatic carbocycles. The number of aryl methyl sites for hydroxylation is 2. The number of thiazole rings is 1. The van der Waals surface area contributed by atoms with Gasteiger partial charge in [-0.25, -0.2) is 4.98 Å². The summed E-state index contributed by atoms with van der Waals surface area (Å²) >= 11 is 1.56. The van der Waals surface area contributed by atoms with Crippen LogP contribution in [0.1, 0.15) is 19.0 Å². The fraction of sp³-hybridized carbons (Fsp3) is 0.438. The Kier molecular flexibility index (Phi) is 3.75. The summed E-state index contributed by atoms with van der Waals surface area (Å²) < 4.78 is 9.02. The second kappa shape index (κ2) is 5.80. The van der Waals surface area contributed by atoms with E-state index in [-0.39, 0.29) is 0 Å². The number of nitrogens with zero attached hydrogens (tertiary/aromatic N) is 5. The first-order valence-electron chi connectivity index (χ1n) is 7.93. The minimum atomic E-state index is -0.963. The van der Waals surface area contributed by atoms with E-state index in [4.69, 9.17) is 4.74 Å². The Balaban J connectivity index is 1.77. The Morgan fingerprint density at radius 1 is 1.33 bits per heavy atom. The summed E-state index contributed by atoms with van der Waals surface area (Å²) in [4.78, 5) is 4.33. The molecule has 1 fully saturated rings. The number of hydrogen-bond donors (Lipinski definition) is 1. The molecule has 0 spiro atoms. The van der Waals surface area contributed by atoms with Crippen LogP contribution in [0.15, 0.2) is 23.7 Å². The van der Waals surface area contributed by atoms with Crippen molar-refractivity contribution in [3.8, 4) is 22.1 Å². The van der Waals surface area contributed by atoms with Crippen LogP contribution in [0, 0.1) is 0 Å². The third-order valence-electron chi connectivity index (χ3n) is 4.35. The normalized spacial score (nSPS) is 20.8. The first-order chi connectivity index (χ1) is 11.6. The van der Waals surface area contributed by atoms with Crippen LogP contribution in [0.4, 0.5) is 0 Å². The molecule has 3 aromatic heterocycles. The highest BCUT2D eigenvalue weighted by Gasteiger charge is 2.37. The molecule has 0 amide bonds. The van der Waals surface area contributed by atoms with E-state index in [0.717, 1.165) is 34.3 Å². The molecule has 126 valence electrons. The smallest absolute Gasteiger partial charge is 0.143 e. The molecule has 1 unspecified atom stereocenters. The molecule has 1 N–H and O–H groups in total. The molecular weight excluding hydrogens is 326 g/mol. The van der Waals surface area contributed by atoms with Crippen molar-refractivity contribution < 1.29 is 9.84 Å². The molecule has 0 aromatic carbocycles. The van der Waals surface area contributed by atoms with Crippen LogP contribution >= 0.6 is 11.3 Å². The summed E-state index contributed by atoms with van der Waals surface area (Å²) in [5.74, 6) is 0. The highest BCUT2D eigenvalue weighted by Crippen LogP contribution is 2.33. The fourth-order valence-electron chi connectivity index (χ4n) is 3.10. The minimum absolute atomic E-state index is 0.309. The lowest BCUT2D eigenvalue weighted by Gasteiger charge is -2.19. The summed E-state index contributed by atoms with van der Waals surface area (Å²) in [6.45, 7) is 3.66. The highest BCUT2D eigenvalue weighted by molar-refractivity contribution is 7.13. The molecule has 0 radical (unpaired) electrons. The van der Waals surface area contributed by atoms with Crippen LogP contribution in [0.2, 0.25) is 0 Å².